The fraction of sp³-hybridized carbons (Fsp3) is 0.346. The Hall–Kier alpha value is -3.99. The molecule has 0 unspecified atom stereocenters. The van der Waals surface area contributed by atoms with Crippen LogP contribution >= 0.6 is 11.3 Å². The third-order valence-electron chi connectivity index (χ3n) is 6.73. The number of thiazole rings is 1. The zero-order valence-corrected chi connectivity index (χ0v) is 22.3. The molecule has 2 aliphatic heterocycles. The molecular weight excluding hydrogens is 488 g/mol. The van der Waals surface area contributed by atoms with Crippen LogP contribution in [0.1, 0.15) is 28.0 Å². The van der Waals surface area contributed by atoms with Gasteiger partial charge in [-0.15, -0.1) is 11.3 Å². The van der Waals surface area contributed by atoms with Gasteiger partial charge in [0.25, 0.3) is 5.91 Å². The SMILES string of the molecule is C=CC(=O)N1CCN(c2ccc(Nc3ncc4c(n3)N(C)c3sc(C)nc3C(=O)N4CC)c(C)c2)CC1. The molecule has 37 heavy (non-hydrogen) atoms. The number of aromatic nitrogens is 3. The van der Waals surface area contributed by atoms with E-state index in [4.69, 9.17) is 4.98 Å². The van der Waals surface area contributed by atoms with Crippen LogP contribution in [0.25, 0.3) is 0 Å². The van der Waals surface area contributed by atoms with Gasteiger partial charge in [-0.2, -0.15) is 4.98 Å². The summed E-state index contributed by atoms with van der Waals surface area (Å²) in [5, 5.41) is 4.96. The Morgan fingerprint density at radius 2 is 1.95 bits per heavy atom. The second kappa shape index (κ2) is 9.81. The number of carbonyl (C=O) groups excluding carboxylic acids is 2. The number of carbonyl (C=O) groups is 2. The number of nitrogens with zero attached hydrogens (tertiary/aromatic N) is 7. The summed E-state index contributed by atoms with van der Waals surface area (Å²) in [4.78, 5) is 46.6. The van der Waals surface area contributed by atoms with Crippen LogP contribution in [0, 0.1) is 13.8 Å². The van der Waals surface area contributed by atoms with E-state index in [1.54, 1.807) is 11.1 Å². The summed E-state index contributed by atoms with van der Waals surface area (Å²) >= 11 is 1.48. The Labute approximate surface area is 220 Å². The minimum absolute atomic E-state index is 0.0186. The van der Waals surface area contributed by atoms with Crippen molar-refractivity contribution in [3.05, 3.63) is 53.3 Å². The number of nitrogens with one attached hydrogen (secondary N) is 1. The van der Waals surface area contributed by atoms with Crippen LogP contribution in [0.3, 0.4) is 0 Å². The molecule has 5 rings (SSSR count). The fourth-order valence-corrected chi connectivity index (χ4v) is 5.58. The Bertz CT molecular complexity index is 1380. The number of rotatable bonds is 5. The highest BCUT2D eigenvalue weighted by atomic mass is 32.1. The standard InChI is InChI=1S/C26H30N8O2S/c1-6-21(35)33-12-10-32(11-13-33)18-8-9-19(16(3)14-18)29-26-27-15-20-23(30-26)31(5)25-22(28-17(4)37-25)24(36)34(20)7-2/h6,8-9,14-15H,1,7,10-13H2,2-5H3,(H,27,29,30). The van der Waals surface area contributed by atoms with Crippen LogP contribution in [0.2, 0.25) is 0 Å². The number of piperazine rings is 1. The number of benzene rings is 1. The van der Waals surface area contributed by atoms with Gasteiger partial charge in [-0.3, -0.25) is 9.59 Å². The Morgan fingerprint density at radius 3 is 2.62 bits per heavy atom. The first-order valence-electron chi connectivity index (χ1n) is 12.2. The van der Waals surface area contributed by atoms with Crippen LogP contribution in [0.4, 0.5) is 33.8 Å². The molecule has 1 saturated heterocycles. The second-order valence-corrected chi connectivity index (χ2v) is 10.2. The van der Waals surface area contributed by atoms with Crippen molar-refractivity contribution >= 4 is 57.0 Å². The maximum Gasteiger partial charge on any atom is 0.280 e. The Kier molecular flexibility index (Phi) is 6.55. The van der Waals surface area contributed by atoms with Gasteiger partial charge in [0.1, 0.15) is 10.7 Å². The van der Waals surface area contributed by atoms with E-state index in [2.05, 4.69) is 38.9 Å². The van der Waals surface area contributed by atoms with Crippen molar-refractivity contribution in [2.24, 2.45) is 0 Å². The zero-order valence-electron chi connectivity index (χ0n) is 21.5. The van der Waals surface area contributed by atoms with E-state index in [1.165, 1.54) is 17.4 Å². The maximum absolute atomic E-state index is 13.2. The largest absolute Gasteiger partial charge is 0.368 e. The summed E-state index contributed by atoms with van der Waals surface area (Å²) in [5.41, 5.74) is 4.17. The van der Waals surface area contributed by atoms with Crippen LogP contribution in [0.15, 0.2) is 37.1 Å². The molecule has 4 heterocycles. The summed E-state index contributed by atoms with van der Waals surface area (Å²) in [5.74, 6) is 0.940. The summed E-state index contributed by atoms with van der Waals surface area (Å²) < 4.78 is 0. The molecule has 2 aliphatic rings. The summed E-state index contributed by atoms with van der Waals surface area (Å²) in [6, 6.07) is 6.23. The highest BCUT2D eigenvalue weighted by Crippen LogP contribution is 2.41. The van der Waals surface area contributed by atoms with Crippen LogP contribution in [0.5, 0.6) is 0 Å². The van der Waals surface area contributed by atoms with Crippen LogP contribution in [-0.4, -0.2) is 71.4 Å². The third-order valence-corrected chi connectivity index (χ3v) is 7.78. The first kappa shape index (κ1) is 24.7. The number of hydrogen-bond donors (Lipinski definition) is 1. The molecular formula is C26H30N8O2S. The highest BCUT2D eigenvalue weighted by Gasteiger charge is 2.33. The van der Waals surface area contributed by atoms with Gasteiger partial charge in [-0.05, 0) is 50.6 Å². The average Bonchev–Trinajstić information content (AvgIpc) is 3.28. The molecule has 0 saturated carbocycles. The molecule has 0 radical (unpaired) electrons. The van der Waals surface area contributed by atoms with Gasteiger partial charge in [0.05, 0.1) is 11.2 Å². The van der Waals surface area contributed by atoms with Gasteiger partial charge in [0.15, 0.2) is 11.5 Å². The van der Waals surface area contributed by atoms with E-state index < -0.39 is 0 Å². The molecule has 1 N–H and O–H groups in total. The molecule has 2 amide bonds. The summed E-state index contributed by atoms with van der Waals surface area (Å²) in [6.45, 7) is 12.9. The van der Waals surface area contributed by atoms with E-state index in [9.17, 15) is 9.59 Å². The molecule has 0 aliphatic carbocycles. The first-order chi connectivity index (χ1) is 17.8. The minimum atomic E-state index is -0.141. The van der Waals surface area contributed by atoms with E-state index in [1.807, 2.05) is 43.7 Å². The second-order valence-electron chi connectivity index (χ2n) is 9.04. The van der Waals surface area contributed by atoms with E-state index in [0.717, 1.165) is 40.0 Å². The Balaban J connectivity index is 1.38. The molecule has 3 aromatic rings. The van der Waals surface area contributed by atoms with Crippen molar-refractivity contribution < 1.29 is 9.59 Å². The number of amides is 2. The predicted octanol–water partition coefficient (Wildman–Crippen LogP) is 3.88. The van der Waals surface area contributed by atoms with Crippen LogP contribution < -0.4 is 20.0 Å². The lowest BCUT2D eigenvalue weighted by Crippen LogP contribution is -2.48. The maximum atomic E-state index is 13.2. The smallest absolute Gasteiger partial charge is 0.280 e. The summed E-state index contributed by atoms with van der Waals surface area (Å²) in [7, 11) is 1.90. The topological polar surface area (TPSA) is 97.8 Å². The lowest BCUT2D eigenvalue weighted by Gasteiger charge is -2.36. The third kappa shape index (κ3) is 4.50. The first-order valence-corrected chi connectivity index (χ1v) is 13.1. The quantitative estimate of drug-likeness (QED) is 0.509. The predicted molar refractivity (Wildman–Crippen MR) is 148 cm³/mol. The monoisotopic (exact) mass is 518 g/mol. The Morgan fingerprint density at radius 1 is 1.19 bits per heavy atom. The van der Waals surface area contributed by atoms with Gasteiger partial charge in [-0.1, -0.05) is 6.58 Å². The van der Waals surface area contributed by atoms with Crippen molar-refractivity contribution in [1.82, 2.24) is 19.9 Å². The number of aryl methyl sites for hydroxylation is 2. The fourth-order valence-electron chi connectivity index (χ4n) is 4.71. The lowest BCUT2D eigenvalue weighted by molar-refractivity contribution is -0.126. The number of hydrogen-bond acceptors (Lipinski definition) is 9. The number of anilines is 6. The van der Waals surface area contributed by atoms with E-state index in [-0.39, 0.29) is 11.8 Å². The van der Waals surface area contributed by atoms with Gasteiger partial charge in [0.2, 0.25) is 11.9 Å². The molecule has 1 aromatic carbocycles. The molecule has 2 aromatic heterocycles. The lowest BCUT2D eigenvalue weighted by atomic mass is 10.1. The van der Waals surface area contributed by atoms with E-state index >= 15 is 0 Å². The van der Waals surface area contributed by atoms with Gasteiger partial charge >= 0.3 is 0 Å². The van der Waals surface area contributed by atoms with Crippen molar-refractivity contribution in [2.75, 3.05) is 59.8 Å². The van der Waals surface area contributed by atoms with Gasteiger partial charge in [-0.25, -0.2) is 9.97 Å². The molecule has 0 spiro atoms. The van der Waals surface area contributed by atoms with Crippen molar-refractivity contribution in [3.63, 3.8) is 0 Å². The van der Waals surface area contributed by atoms with Crippen molar-refractivity contribution in [3.8, 4) is 0 Å². The average molecular weight is 519 g/mol. The highest BCUT2D eigenvalue weighted by molar-refractivity contribution is 7.16. The normalized spacial score (nSPS) is 15.3. The molecule has 1 fully saturated rings. The number of fused-ring (bicyclic) bond motifs is 2. The van der Waals surface area contributed by atoms with Gasteiger partial charge in [0, 0.05) is 51.1 Å². The molecule has 0 atom stereocenters. The van der Waals surface area contributed by atoms with Crippen molar-refractivity contribution in [2.45, 2.75) is 20.8 Å². The molecule has 192 valence electrons. The van der Waals surface area contributed by atoms with Gasteiger partial charge < -0.3 is 24.9 Å². The molecule has 0 bridgehead atoms. The van der Waals surface area contributed by atoms with Crippen molar-refractivity contribution in [1.29, 1.82) is 0 Å². The minimum Gasteiger partial charge on any atom is -0.368 e. The van der Waals surface area contributed by atoms with Crippen LogP contribution in [-0.2, 0) is 4.79 Å². The summed E-state index contributed by atoms with van der Waals surface area (Å²) in [6.07, 6.45) is 3.07. The van der Waals surface area contributed by atoms with E-state index in [0.29, 0.717) is 42.8 Å². The molecule has 11 heteroatoms. The zero-order chi connectivity index (χ0) is 26.3. The molecule has 10 nitrogen and oxygen atoms in total.